The van der Waals surface area contributed by atoms with Crippen molar-refractivity contribution in [1.29, 1.82) is 0 Å². The number of anilines is 1. The molecule has 0 atom stereocenters. The molecular formula is C8H14F2N3O6S2+. The third kappa shape index (κ3) is 3.87. The number of hydrogen-bond donors (Lipinski definition) is 0. The summed E-state index contributed by atoms with van der Waals surface area (Å²) in [6, 6.07) is 0. The first-order valence-electron chi connectivity index (χ1n) is 5.31. The Labute approximate surface area is 121 Å². The number of imidazole rings is 1. The summed E-state index contributed by atoms with van der Waals surface area (Å²) in [6.07, 6.45) is 1.25. The summed E-state index contributed by atoms with van der Waals surface area (Å²) in [7, 11) is -9.38. The van der Waals surface area contributed by atoms with Crippen molar-refractivity contribution in [3.63, 3.8) is 0 Å². The second kappa shape index (κ2) is 6.21. The summed E-state index contributed by atoms with van der Waals surface area (Å²) in [4.78, 5) is 0. The van der Waals surface area contributed by atoms with Crippen LogP contribution in [0.4, 0.5) is 13.7 Å². The maximum atomic E-state index is 13.3. The summed E-state index contributed by atoms with van der Waals surface area (Å²) in [5, 5.41) is 0. The second-order valence-electron chi connectivity index (χ2n) is 3.89. The lowest BCUT2D eigenvalue weighted by atomic mass is 10.5. The zero-order valence-electron chi connectivity index (χ0n) is 11.4. The molecule has 13 heteroatoms. The number of ether oxygens (including phenoxy) is 2. The number of hydrogen-bond acceptors (Lipinski definition) is 6. The maximum absolute atomic E-state index is 13.3. The van der Waals surface area contributed by atoms with Crippen molar-refractivity contribution in [2.75, 3.05) is 17.9 Å². The highest BCUT2D eigenvalue weighted by atomic mass is 32.3. The summed E-state index contributed by atoms with van der Waals surface area (Å²) in [5.74, 6) is -0.818. The van der Waals surface area contributed by atoms with Crippen molar-refractivity contribution in [3.05, 3.63) is 11.9 Å². The van der Waals surface area contributed by atoms with Gasteiger partial charge in [0.05, 0.1) is 0 Å². The Morgan fingerprint density at radius 1 is 1.19 bits per heavy atom. The number of rotatable bonds is 7. The van der Waals surface area contributed by atoms with Crippen molar-refractivity contribution in [1.82, 2.24) is 4.57 Å². The lowest BCUT2D eigenvalue weighted by Crippen LogP contribution is -2.47. The predicted octanol–water partition coefficient (Wildman–Crippen LogP) is -0.473. The van der Waals surface area contributed by atoms with E-state index in [0.29, 0.717) is 5.69 Å². The Hall–Kier alpha value is -1.31. The molecule has 1 aromatic heterocycles. The first-order chi connectivity index (χ1) is 9.54. The summed E-state index contributed by atoms with van der Waals surface area (Å²) in [6.45, 7) is 0.788. The van der Waals surface area contributed by atoms with Crippen molar-refractivity contribution in [3.8, 4) is 0 Å². The van der Waals surface area contributed by atoms with Gasteiger partial charge in [-0.25, -0.2) is 9.13 Å². The van der Waals surface area contributed by atoms with Gasteiger partial charge in [-0.2, -0.15) is 16.8 Å². The minimum atomic E-state index is -5.93. The predicted molar refractivity (Wildman–Crippen MR) is 65.9 cm³/mol. The van der Waals surface area contributed by atoms with Crippen LogP contribution < -0.4 is 8.28 Å². The molecule has 0 aromatic carbocycles. The summed E-state index contributed by atoms with van der Waals surface area (Å²) < 4.78 is 81.0. The van der Waals surface area contributed by atoms with Crippen LogP contribution in [-0.2, 0) is 43.8 Å². The average molecular weight is 350 g/mol. The molecule has 0 N–H and O–H groups in total. The summed E-state index contributed by atoms with van der Waals surface area (Å²) >= 11 is 0. The molecule has 1 aromatic rings. The molecule has 122 valence electrons. The van der Waals surface area contributed by atoms with Gasteiger partial charge in [0.15, 0.2) is 13.5 Å². The maximum Gasteiger partial charge on any atom is 0.469 e. The molecule has 1 rings (SSSR count). The highest BCUT2D eigenvalue weighted by Gasteiger charge is 2.47. The van der Waals surface area contributed by atoms with E-state index in [1.54, 1.807) is 0 Å². The Kier molecular flexibility index (Phi) is 5.25. The SMILES string of the molecule is COCn1cc(C)[n+](COC)c1N(S(=O)(=O)F)S(=O)(=O)F. The van der Waals surface area contributed by atoms with E-state index >= 15 is 0 Å². The smallest absolute Gasteiger partial charge is 0.351 e. The van der Waals surface area contributed by atoms with Gasteiger partial charge in [-0.1, -0.05) is 7.77 Å². The van der Waals surface area contributed by atoms with E-state index in [1.165, 1.54) is 27.3 Å². The first-order valence-corrected chi connectivity index (χ1v) is 7.99. The molecule has 0 aliphatic carbocycles. The van der Waals surface area contributed by atoms with E-state index in [1.807, 2.05) is 0 Å². The molecule has 0 aliphatic rings. The molecule has 0 radical (unpaired) electrons. The van der Waals surface area contributed by atoms with Gasteiger partial charge in [-0.3, -0.25) is 0 Å². The lowest BCUT2D eigenvalue weighted by Gasteiger charge is -2.11. The highest BCUT2D eigenvalue weighted by Crippen LogP contribution is 2.22. The van der Waals surface area contributed by atoms with E-state index in [2.05, 4.69) is 0 Å². The fourth-order valence-electron chi connectivity index (χ4n) is 1.69. The van der Waals surface area contributed by atoms with Gasteiger partial charge >= 0.3 is 26.8 Å². The third-order valence-electron chi connectivity index (χ3n) is 2.35. The highest BCUT2D eigenvalue weighted by molar-refractivity contribution is 8.05. The van der Waals surface area contributed by atoms with Crippen molar-refractivity contribution >= 4 is 26.8 Å². The third-order valence-corrected chi connectivity index (χ3v) is 4.54. The molecule has 0 saturated carbocycles. The van der Waals surface area contributed by atoms with Gasteiger partial charge < -0.3 is 9.47 Å². The van der Waals surface area contributed by atoms with Gasteiger partial charge in [-0.15, -0.1) is 0 Å². The minimum absolute atomic E-state index is 0.293. The Balaban J connectivity index is 3.70. The van der Waals surface area contributed by atoms with E-state index < -0.39 is 30.5 Å². The monoisotopic (exact) mass is 350 g/mol. The summed E-state index contributed by atoms with van der Waals surface area (Å²) in [5.41, 5.74) is 0.293. The minimum Gasteiger partial charge on any atom is -0.351 e. The van der Waals surface area contributed by atoms with Crippen LogP contribution in [0.3, 0.4) is 0 Å². The molecular weight excluding hydrogens is 336 g/mol. The van der Waals surface area contributed by atoms with E-state index in [-0.39, 0.29) is 13.5 Å². The molecule has 0 fully saturated rings. The van der Waals surface area contributed by atoms with Crippen molar-refractivity contribution in [2.45, 2.75) is 20.4 Å². The van der Waals surface area contributed by atoms with Crippen LogP contribution in [0.25, 0.3) is 0 Å². The van der Waals surface area contributed by atoms with Crippen LogP contribution in [0.1, 0.15) is 5.69 Å². The molecule has 0 unspecified atom stereocenters. The molecule has 21 heavy (non-hydrogen) atoms. The van der Waals surface area contributed by atoms with E-state index in [4.69, 9.17) is 9.47 Å². The lowest BCUT2D eigenvalue weighted by molar-refractivity contribution is -0.723. The van der Waals surface area contributed by atoms with Gasteiger partial charge in [-0.05, 0) is 6.92 Å². The molecule has 9 nitrogen and oxygen atoms in total. The van der Waals surface area contributed by atoms with Gasteiger partial charge in [0.1, 0.15) is 11.9 Å². The molecule has 0 amide bonds. The largest absolute Gasteiger partial charge is 0.469 e. The molecule has 0 spiro atoms. The van der Waals surface area contributed by atoms with Crippen molar-refractivity contribution < 1.29 is 38.6 Å². The topological polar surface area (TPSA) is 98.8 Å². The standard InChI is InChI=1S/C8H14F2N3O6S2/c1-7-4-11(5-18-2)8(12(7)6-19-3)13(20(9,14)15)21(10,16)17/h4H,5-6H2,1-3H3/q+1. The first kappa shape index (κ1) is 17.7. The average Bonchev–Trinajstić information content (AvgIpc) is 2.55. The van der Waals surface area contributed by atoms with E-state index in [9.17, 15) is 24.6 Å². The number of nitrogens with zero attached hydrogens (tertiary/aromatic N) is 3. The number of aromatic nitrogens is 2. The Bertz CT molecular complexity index is 683. The molecule has 0 bridgehead atoms. The molecule has 0 aliphatic heterocycles. The zero-order chi connectivity index (χ0) is 16.4. The van der Waals surface area contributed by atoms with Crippen molar-refractivity contribution in [2.24, 2.45) is 0 Å². The second-order valence-corrected chi connectivity index (χ2v) is 6.50. The fourth-order valence-corrected chi connectivity index (χ4v) is 3.34. The van der Waals surface area contributed by atoms with Crippen LogP contribution in [-0.4, -0.2) is 35.6 Å². The number of halogens is 2. The number of methoxy groups -OCH3 is 2. The van der Waals surface area contributed by atoms with Gasteiger partial charge in [0.2, 0.25) is 0 Å². The normalized spacial score (nSPS) is 12.6. The van der Waals surface area contributed by atoms with Gasteiger partial charge in [0.25, 0.3) is 0 Å². The zero-order valence-corrected chi connectivity index (χ0v) is 13.0. The van der Waals surface area contributed by atoms with Crippen LogP contribution in [0.15, 0.2) is 6.20 Å². The quantitative estimate of drug-likeness (QED) is 0.487. The number of aryl methyl sites for hydroxylation is 1. The Morgan fingerprint density at radius 3 is 2.10 bits per heavy atom. The molecule has 1 heterocycles. The van der Waals surface area contributed by atoms with Crippen LogP contribution >= 0.6 is 0 Å². The van der Waals surface area contributed by atoms with Crippen LogP contribution in [0.5, 0.6) is 0 Å². The van der Waals surface area contributed by atoms with Crippen LogP contribution in [0.2, 0.25) is 0 Å². The van der Waals surface area contributed by atoms with Gasteiger partial charge in [0, 0.05) is 17.9 Å². The van der Waals surface area contributed by atoms with Crippen LogP contribution in [0, 0.1) is 6.92 Å². The molecule has 0 saturated heterocycles. The fraction of sp³-hybridized carbons (Fsp3) is 0.625. The Morgan fingerprint density at radius 2 is 1.71 bits per heavy atom. The van der Waals surface area contributed by atoms with E-state index in [0.717, 1.165) is 9.13 Å².